The third-order valence-electron chi connectivity index (χ3n) is 15.3. The molecular weight excluding hydrogens is 957 g/mol. The SMILES string of the molecule is COc1ccc(C(=O)N2C[C@H](C)N(C3CCN(c4nc([C@@](CN)(OC5CC5)c5ccccc5)c5cc(-c6cn(C)c(=O)c7[nH]ccc67)ccc5n4)CC3)C[C@H]2C)cc1N1CCC(=O)N(CNC(=O)CCC(N)=O)C1=O. The van der Waals surface area contributed by atoms with Gasteiger partial charge >= 0.3 is 6.03 Å². The van der Waals surface area contributed by atoms with E-state index in [0.29, 0.717) is 60.3 Å². The zero-order valence-corrected chi connectivity index (χ0v) is 42.8. The molecule has 0 radical (unpaired) electrons. The molecule has 4 fully saturated rings. The molecule has 3 aromatic heterocycles. The van der Waals surface area contributed by atoms with Crippen LogP contribution in [0.25, 0.3) is 32.9 Å². The molecule has 20 nitrogen and oxygen atoms in total. The Morgan fingerprint density at radius 1 is 0.880 bits per heavy atom. The fraction of sp³-hybridized carbons (Fsp3) is 0.418. The van der Waals surface area contributed by atoms with Crippen molar-refractivity contribution in [1.82, 2.24) is 39.5 Å². The average molecular weight is 1020 g/mol. The predicted molar refractivity (Wildman–Crippen MR) is 283 cm³/mol. The van der Waals surface area contributed by atoms with Crippen LogP contribution in [0.2, 0.25) is 0 Å². The number of urea groups is 1. The van der Waals surface area contributed by atoms with Gasteiger partial charge in [0.2, 0.25) is 23.7 Å². The van der Waals surface area contributed by atoms with E-state index in [1.807, 2.05) is 47.5 Å². The standard InChI is InChI=1S/C55H64N12O8/c1-33-29-66(51(71)36-11-15-45(74-4)44(27-36)64-25-21-48(70)67(54(64)73)32-59-47(69)17-16-46(57)68)34(2)28-65(33)38-19-23-63(24-20-38)53-60-43-14-10-35(42-30-62(3)52(72)49-40(42)18-22-58-49)26-41(43)50(61-53)55(31-56,75-39-12-13-39)37-8-6-5-7-9-37/h5-11,14-15,18,22,26-27,30,33-34,38-39,58H,12-13,16-17,19-21,23-25,28-29,31-32,56H2,1-4H3,(H2,57,68)(H,59,69)/t33-,34+,55-/m0/s1. The molecule has 6 N–H and O–H groups in total. The molecule has 0 unspecified atom stereocenters. The lowest BCUT2D eigenvalue weighted by molar-refractivity contribution is -0.130. The first-order chi connectivity index (χ1) is 36.2. The van der Waals surface area contributed by atoms with Crippen LogP contribution in [0.15, 0.2) is 90.0 Å². The highest BCUT2D eigenvalue weighted by atomic mass is 16.5. The molecule has 20 heteroatoms. The first-order valence-corrected chi connectivity index (χ1v) is 25.8. The van der Waals surface area contributed by atoms with Crippen molar-refractivity contribution >= 4 is 63.1 Å². The Labute approximate surface area is 433 Å². The number of amides is 6. The van der Waals surface area contributed by atoms with Crippen LogP contribution in [0.5, 0.6) is 5.75 Å². The molecule has 4 aliphatic rings. The summed E-state index contributed by atoms with van der Waals surface area (Å²) in [7, 11) is 3.22. The topological polar surface area (TPSA) is 248 Å². The Bertz CT molecular complexity index is 3240. The Kier molecular flexibility index (Phi) is 14.2. The Hall–Kier alpha value is -7.68. The zero-order chi connectivity index (χ0) is 52.7. The Morgan fingerprint density at radius 2 is 1.65 bits per heavy atom. The van der Waals surface area contributed by atoms with E-state index in [9.17, 15) is 28.8 Å². The monoisotopic (exact) mass is 1020 g/mol. The van der Waals surface area contributed by atoms with Gasteiger partial charge in [0.1, 0.15) is 23.5 Å². The van der Waals surface area contributed by atoms with Gasteiger partial charge in [0.25, 0.3) is 11.5 Å². The highest BCUT2D eigenvalue weighted by Crippen LogP contribution is 2.43. The lowest BCUT2D eigenvalue weighted by Gasteiger charge is -2.49. The van der Waals surface area contributed by atoms with Crippen molar-refractivity contribution in [3.63, 3.8) is 0 Å². The number of carbonyl (C=O) groups excluding carboxylic acids is 5. The lowest BCUT2D eigenvalue weighted by Crippen LogP contribution is -2.61. The minimum Gasteiger partial charge on any atom is -0.495 e. The number of fused-ring (bicyclic) bond motifs is 2. The minimum atomic E-state index is -1.07. The van der Waals surface area contributed by atoms with Crippen molar-refractivity contribution in [3.8, 4) is 16.9 Å². The molecule has 1 aliphatic carbocycles. The number of nitrogens with two attached hydrogens (primary N) is 2. The van der Waals surface area contributed by atoms with Gasteiger partial charge in [0.05, 0.1) is 30.1 Å². The van der Waals surface area contributed by atoms with E-state index >= 15 is 0 Å². The highest BCUT2D eigenvalue weighted by Gasteiger charge is 2.44. The second-order valence-electron chi connectivity index (χ2n) is 20.2. The molecule has 0 bridgehead atoms. The number of nitrogens with one attached hydrogen (secondary N) is 2. The number of piperidine rings is 1. The number of methoxy groups -OCH3 is 1. The van der Waals surface area contributed by atoms with Crippen LogP contribution in [-0.2, 0) is 31.8 Å². The van der Waals surface area contributed by atoms with Crippen LogP contribution in [0, 0.1) is 0 Å². The maximum absolute atomic E-state index is 14.4. The molecule has 10 rings (SSSR count). The summed E-state index contributed by atoms with van der Waals surface area (Å²) in [5.74, 6) is -0.879. The van der Waals surface area contributed by atoms with Gasteiger partial charge in [-0.25, -0.2) is 19.7 Å². The molecule has 6 heterocycles. The molecule has 392 valence electrons. The van der Waals surface area contributed by atoms with Crippen LogP contribution >= 0.6 is 0 Å². The molecule has 3 aliphatic heterocycles. The number of piperazine rings is 1. The van der Waals surface area contributed by atoms with E-state index in [0.717, 1.165) is 63.6 Å². The van der Waals surface area contributed by atoms with Crippen LogP contribution in [0.3, 0.4) is 0 Å². The van der Waals surface area contributed by atoms with Gasteiger partial charge in [-0.15, -0.1) is 0 Å². The van der Waals surface area contributed by atoms with Crippen molar-refractivity contribution in [1.29, 1.82) is 0 Å². The third kappa shape index (κ3) is 9.92. The fourth-order valence-electron chi connectivity index (χ4n) is 11.0. The summed E-state index contributed by atoms with van der Waals surface area (Å²) in [6.45, 7) is 6.58. The fourth-order valence-corrected chi connectivity index (χ4v) is 11.0. The molecule has 6 aromatic rings. The summed E-state index contributed by atoms with van der Waals surface area (Å²) in [5.41, 5.74) is 16.3. The minimum absolute atomic E-state index is 0.0199. The number of pyridine rings is 1. The number of hydrogen-bond acceptors (Lipinski definition) is 13. The van der Waals surface area contributed by atoms with Crippen molar-refractivity contribution in [2.45, 2.75) is 88.6 Å². The van der Waals surface area contributed by atoms with E-state index in [1.54, 1.807) is 36.0 Å². The molecule has 75 heavy (non-hydrogen) atoms. The predicted octanol–water partition coefficient (Wildman–Crippen LogP) is 4.57. The van der Waals surface area contributed by atoms with Crippen molar-refractivity contribution < 1.29 is 33.4 Å². The van der Waals surface area contributed by atoms with Gasteiger partial charge in [-0.1, -0.05) is 36.4 Å². The van der Waals surface area contributed by atoms with Crippen molar-refractivity contribution in [3.05, 3.63) is 112 Å². The summed E-state index contributed by atoms with van der Waals surface area (Å²) in [6.07, 6.45) is 6.91. The molecule has 6 amide bonds. The number of aryl methyl sites for hydroxylation is 1. The average Bonchev–Trinajstić information content (AvgIpc) is 4.11. The second-order valence-corrected chi connectivity index (χ2v) is 20.2. The van der Waals surface area contributed by atoms with E-state index in [-0.39, 0.29) is 74.7 Å². The number of nitrogens with zero attached hydrogens (tertiary/aromatic N) is 8. The zero-order valence-electron chi connectivity index (χ0n) is 42.8. The maximum atomic E-state index is 14.4. The van der Waals surface area contributed by atoms with Crippen molar-refractivity contribution in [2.24, 2.45) is 18.5 Å². The molecule has 3 saturated heterocycles. The number of hydrogen-bond donors (Lipinski definition) is 4. The van der Waals surface area contributed by atoms with Gasteiger partial charge in [-0.3, -0.25) is 33.8 Å². The highest BCUT2D eigenvalue weighted by molar-refractivity contribution is 6.07. The number of primary amides is 1. The molecule has 3 aromatic carbocycles. The summed E-state index contributed by atoms with van der Waals surface area (Å²) in [4.78, 5) is 100. The molecular formula is C55H64N12O8. The summed E-state index contributed by atoms with van der Waals surface area (Å²) < 4.78 is 14.3. The Balaban J connectivity index is 0.867. The lowest BCUT2D eigenvalue weighted by atomic mass is 9.86. The van der Waals surface area contributed by atoms with Crippen LogP contribution in [0.1, 0.15) is 80.4 Å². The van der Waals surface area contributed by atoms with Crippen LogP contribution in [0.4, 0.5) is 16.4 Å². The summed E-state index contributed by atoms with van der Waals surface area (Å²) >= 11 is 0. The van der Waals surface area contributed by atoms with E-state index in [2.05, 4.69) is 52.1 Å². The maximum Gasteiger partial charge on any atom is 0.332 e. The van der Waals surface area contributed by atoms with Crippen LogP contribution < -0.4 is 36.9 Å². The van der Waals surface area contributed by atoms with Gasteiger partial charge in [0, 0.05) is 118 Å². The number of H-pyrrole nitrogens is 1. The number of aromatic amines is 1. The second kappa shape index (κ2) is 20.9. The smallest absolute Gasteiger partial charge is 0.332 e. The first kappa shape index (κ1) is 50.8. The number of carbonyl (C=O) groups is 5. The molecule has 1 saturated carbocycles. The number of rotatable bonds is 16. The van der Waals surface area contributed by atoms with Crippen LogP contribution in [-0.4, -0.2) is 141 Å². The Morgan fingerprint density at radius 3 is 2.37 bits per heavy atom. The summed E-state index contributed by atoms with van der Waals surface area (Å²) in [6, 6.07) is 22.6. The molecule has 0 spiro atoms. The van der Waals surface area contributed by atoms with Gasteiger partial charge < -0.3 is 45.6 Å². The first-order valence-electron chi connectivity index (χ1n) is 25.8. The number of ether oxygens (including phenoxy) is 2. The van der Waals surface area contributed by atoms with Gasteiger partial charge in [0.15, 0.2) is 0 Å². The summed E-state index contributed by atoms with van der Waals surface area (Å²) in [5, 5.41) is 4.16. The number of imide groups is 1. The third-order valence-corrected chi connectivity index (χ3v) is 15.3. The largest absolute Gasteiger partial charge is 0.495 e. The normalized spacial score (nSPS) is 19.7. The number of aromatic nitrogens is 4. The number of benzene rings is 3. The van der Waals surface area contributed by atoms with Gasteiger partial charge in [-0.05, 0) is 87.1 Å². The molecule has 3 atom stereocenters. The number of anilines is 2. The van der Waals surface area contributed by atoms with Crippen molar-refractivity contribution in [2.75, 3.05) is 62.8 Å². The van der Waals surface area contributed by atoms with Gasteiger partial charge in [-0.2, -0.15) is 0 Å². The van der Waals surface area contributed by atoms with E-state index in [1.165, 1.54) is 12.0 Å². The quantitative estimate of drug-likeness (QED) is 0.104. The van der Waals surface area contributed by atoms with E-state index in [4.69, 9.17) is 30.9 Å². The van der Waals surface area contributed by atoms with E-state index < -0.39 is 29.4 Å².